The van der Waals surface area contributed by atoms with Gasteiger partial charge in [-0.25, -0.2) is 0 Å². The highest BCUT2D eigenvalue weighted by Crippen LogP contribution is 2.01. The molecule has 0 aromatic heterocycles. The van der Waals surface area contributed by atoms with E-state index in [1.165, 1.54) is 0 Å². The highest BCUT2D eigenvalue weighted by molar-refractivity contribution is 5.57. The molecular formula is C7H11NO. The maximum absolute atomic E-state index is 10.2. The first-order valence-electron chi connectivity index (χ1n) is 3.19. The zero-order chi connectivity index (χ0) is 6.69. The predicted octanol–water partition coefficient (Wildman–Crippen LogP) is 0.446. The lowest BCUT2D eigenvalue weighted by atomic mass is 10.3. The van der Waals surface area contributed by atoms with Crippen molar-refractivity contribution >= 4 is 6.29 Å². The monoisotopic (exact) mass is 125 g/mol. The third-order valence-electron chi connectivity index (χ3n) is 1.62. The summed E-state index contributed by atoms with van der Waals surface area (Å²) in [6.45, 7) is 3.78. The molecule has 1 aliphatic rings. The summed E-state index contributed by atoms with van der Waals surface area (Å²) in [6.07, 6.45) is 5.15. The van der Waals surface area contributed by atoms with Gasteiger partial charge in [-0.15, -0.1) is 0 Å². The van der Waals surface area contributed by atoms with E-state index in [-0.39, 0.29) is 6.04 Å². The lowest BCUT2D eigenvalue weighted by molar-refractivity contribution is -0.111. The Morgan fingerprint density at radius 1 is 1.56 bits per heavy atom. The minimum atomic E-state index is 0.0833. The number of carbonyl (C=O) groups excluding carboxylic acids is 1. The van der Waals surface area contributed by atoms with Crippen LogP contribution in [-0.2, 0) is 4.79 Å². The summed E-state index contributed by atoms with van der Waals surface area (Å²) in [5, 5.41) is 0. The molecule has 0 aromatic carbocycles. The summed E-state index contributed by atoms with van der Waals surface area (Å²) in [5.74, 6) is 0. The lowest BCUT2D eigenvalue weighted by Crippen LogP contribution is -2.31. The molecule has 0 radical (unpaired) electrons. The number of aldehydes is 1. The van der Waals surface area contributed by atoms with Crippen molar-refractivity contribution in [2.45, 2.75) is 13.0 Å². The van der Waals surface area contributed by atoms with Gasteiger partial charge in [0.25, 0.3) is 0 Å². The summed E-state index contributed by atoms with van der Waals surface area (Å²) < 4.78 is 0. The highest BCUT2D eigenvalue weighted by Gasteiger charge is 2.11. The summed E-state index contributed by atoms with van der Waals surface area (Å²) in [6, 6.07) is 0.0833. The molecule has 0 aromatic rings. The first kappa shape index (κ1) is 6.49. The Labute approximate surface area is 55.2 Å². The molecular weight excluding hydrogens is 114 g/mol. The molecule has 0 saturated heterocycles. The Hall–Kier alpha value is -0.630. The molecule has 0 aliphatic carbocycles. The zero-order valence-corrected chi connectivity index (χ0v) is 5.58. The molecule has 2 heteroatoms. The fourth-order valence-corrected chi connectivity index (χ4v) is 0.913. The third kappa shape index (κ3) is 1.39. The number of hydrogen-bond acceptors (Lipinski definition) is 2. The minimum Gasteiger partial charge on any atom is -0.302 e. The van der Waals surface area contributed by atoms with Gasteiger partial charge < -0.3 is 4.79 Å². The Balaban J connectivity index is 2.35. The van der Waals surface area contributed by atoms with Crippen molar-refractivity contribution in [3.8, 4) is 0 Å². The van der Waals surface area contributed by atoms with Gasteiger partial charge in [0, 0.05) is 13.1 Å². The van der Waals surface area contributed by atoms with Crippen molar-refractivity contribution < 1.29 is 4.79 Å². The van der Waals surface area contributed by atoms with E-state index >= 15 is 0 Å². The molecule has 0 saturated carbocycles. The molecule has 1 atom stereocenters. The normalized spacial score (nSPS) is 22.3. The van der Waals surface area contributed by atoms with Gasteiger partial charge in [-0.1, -0.05) is 12.2 Å². The predicted molar refractivity (Wildman–Crippen MR) is 36.2 cm³/mol. The van der Waals surface area contributed by atoms with Crippen molar-refractivity contribution in [1.29, 1.82) is 0 Å². The molecule has 0 bridgehead atoms. The van der Waals surface area contributed by atoms with Gasteiger partial charge in [-0.2, -0.15) is 0 Å². The van der Waals surface area contributed by atoms with E-state index in [0.29, 0.717) is 0 Å². The van der Waals surface area contributed by atoms with E-state index in [1.54, 1.807) is 0 Å². The molecule has 1 heterocycles. The average molecular weight is 125 g/mol. The van der Waals surface area contributed by atoms with Gasteiger partial charge >= 0.3 is 0 Å². The van der Waals surface area contributed by atoms with Crippen molar-refractivity contribution in [2.75, 3.05) is 13.1 Å². The first-order chi connectivity index (χ1) is 4.34. The first-order valence-corrected chi connectivity index (χ1v) is 3.19. The Morgan fingerprint density at radius 2 is 2.11 bits per heavy atom. The fourth-order valence-electron chi connectivity index (χ4n) is 0.913. The van der Waals surface area contributed by atoms with Crippen LogP contribution in [0.5, 0.6) is 0 Å². The molecule has 1 aliphatic heterocycles. The largest absolute Gasteiger partial charge is 0.302 e. The number of nitrogens with zero attached hydrogens (tertiary/aromatic N) is 1. The second kappa shape index (κ2) is 2.78. The molecule has 0 spiro atoms. The summed E-state index contributed by atoms with van der Waals surface area (Å²) in [7, 11) is 0. The van der Waals surface area contributed by atoms with Crippen LogP contribution in [0.1, 0.15) is 6.92 Å². The Morgan fingerprint density at radius 3 is 2.56 bits per heavy atom. The number of hydrogen-bond donors (Lipinski definition) is 0. The van der Waals surface area contributed by atoms with Crippen LogP contribution in [0.3, 0.4) is 0 Å². The molecule has 0 N–H and O–H groups in total. The third-order valence-corrected chi connectivity index (χ3v) is 1.62. The van der Waals surface area contributed by atoms with Crippen molar-refractivity contribution in [2.24, 2.45) is 0 Å². The number of rotatable bonds is 2. The SMILES string of the molecule is CC(C=O)N1CC=CC1. The molecule has 0 amide bonds. The van der Waals surface area contributed by atoms with Crippen LogP contribution in [0.2, 0.25) is 0 Å². The van der Waals surface area contributed by atoms with E-state index in [9.17, 15) is 4.79 Å². The lowest BCUT2D eigenvalue weighted by Gasteiger charge is -2.17. The van der Waals surface area contributed by atoms with Crippen LogP contribution < -0.4 is 0 Å². The van der Waals surface area contributed by atoms with Gasteiger partial charge in [0.2, 0.25) is 0 Å². The van der Waals surface area contributed by atoms with Crippen LogP contribution in [0, 0.1) is 0 Å². The molecule has 50 valence electrons. The quantitative estimate of drug-likeness (QED) is 0.394. The Kier molecular flexibility index (Phi) is 2.01. The summed E-state index contributed by atoms with van der Waals surface area (Å²) in [4.78, 5) is 12.3. The van der Waals surface area contributed by atoms with Crippen LogP contribution in [-0.4, -0.2) is 30.3 Å². The fraction of sp³-hybridized carbons (Fsp3) is 0.571. The zero-order valence-electron chi connectivity index (χ0n) is 5.58. The summed E-state index contributed by atoms with van der Waals surface area (Å²) >= 11 is 0. The topological polar surface area (TPSA) is 20.3 Å². The average Bonchev–Trinajstić information content (AvgIpc) is 2.37. The van der Waals surface area contributed by atoms with E-state index in [2.05, 4.69) is 17.1 Å². The maximum Gasteiger partial charge on any atom is 0.136 e. The highest BCUT2D eigenvalue weighted by atomic mass is 16.1. The van der Waals surface area contributed by atoms with E-state index in [1.807, 2.05) is 6.92 Å². The van der Waals surface area contributed by atoms with Gasteiger partial charge in [0.15, 0.2) is 0 Å². The minimum absolute atomic E-state index is 0.0833. The van der Waals surface area contributed by atoms with Gasteiger partial charge in [-0.3, -0.25) is 4.90 Å². The van der Waals surface area contributed by atoms with Crippen LogP contribution in [0.25, 0.3) is 0 Å². The number of carbonyl (C=O) groups is 1. The second-order valence-corrected chi connectivity index (χ2v) is 2.30. The van der Waals surface area contributed by atoms with Crippen molar-refractivity contribution in [3.05, 3.63) is 12.2 Å². The molecule has 9 heavy (non-hydrogen) atoms. The van der Waals surface area contributed by atoms with Gasteiger partial charge in [-0.05, 0) is 6.92 Å². The molecule has 2 nitrogen and oxygen atoms in total. The molecule has 1 rings (SSSR count). The van der Waals surface area contributed by atoms with Gasteiger partial charge in [0.1, 0.15) is 6.29 Å². The molecule has 0 fully saturated rings. The standard InChI is InChI=1S/C7H11NO/c1-7(6-9)8-4-2-3-5-8/h2-3,6-7H,4-5H2,1H3. The van der Waals surface area contributed by atoms with Crippen molar-refractivity contribution in [3.63, 3.8) is 0 Å². The van der Waals surface area contributed by atoms with E-state index < -0.39 is 0 Å². The Bertz CT molecular complexity index is 123. The van der Waals surface area contributed by atoms with Crippen LogP contribution >= 0.6 is 0 Å². The van der Waals surface area contributed by atoms with E-state index in [0.717, 1.165) is 19.4 Å². The maximum atomic E-state index is 10.2. The molecule has 1 unspecified atom stereocenters. The van der Waals surface area contributed by atoms with Crippen LogP contribution in [0.4, 0.5) is 0 Å². The second-order valence-electron chi connectivity index (χ2n) is 2.30. The van der Waals surface area contributed by atoms with Crippen LogP contribution in [0.15, 0.2) is 12.2 Å². The van der Waals surface area contributed by atoms with E-state index in [4.69, 9.17) is 0 Å². The smallest absolute Gasteiger partial charge is 0.136 e. The van der Waals surface area contributed by atoms with Gasteiger partial charge in [0.05, 0.1) is 6.04 Å². The van der Waals surface area contributed by atoms with Crippen molar-refractivity contribution in [1.82, 2.24) is 4.90 Å². The summed E-state index contributed by atoms with van der Waals surface area (Å²) in [5.41, 5.74) is 0.